The Bertz CT molecular complexity index is 578. The molecule has 114 valence electrons. The number of aliphatic hydroxyl groups is 1. The lowest BCUT2D eigenvalue weighted by Crippen LogP contribution is -2.36. The van der Waals surface area contributed by atoms with Crippen molar-refractivity contribution in [1.82, 2.24) is 15.0 Å². The molecule has 0 bridgehead atoms. The standard InChI is InChI=1S/C16H23N3O2/c1-11(2)19(9-13(4)20)10-15-17-16(18-21-15)14-7-5-6-12(3)8-14/h5-8,11,13,20H,9-10H2,1-4H3. The highest BCUT2D eigenvalue weighted by molar-refractivity contribution is 5.55. The largest absolute Gasteiger partial charge is 0.392 e. The lowest BCUT2D eigenvalue weighted by Gasteiger charge is -2.25. The summed E-state index contributed by atoms with van der Waals surface area (Å²) in [5.41, 5.74) is 2.12. The number of aromatic nitrogens is 2. The van der Waals surface area contributed by atoms with E-state index in [0.29, 0.717) is 30.8 Å². The summed E-state index contributed by atoms with van der Waals surface area (Å²) in [6.45, 7) is 9.11. The fourth-order valence-electron chi connectivity index (χ4n) is 2.19. The van der Waals surface area contributed by atoms with Crippen LogP contribution >= 0.6 is 0 Å². The zero-order chi connectivity index (χ0) is 15.4. The number of hydrogen-bond acceptors (Lipinski definition) is 5. The third-order valence-corrected chi connectivity index (χ3v) is 3.31. The number of nitrogens with zero attached hydrogens (tertiary/aromatic N) is 3. The van der Waals surface area contributed by atoms with Gasteiger partial charge in [-0.2, -0.15) is 4.98 Å². The molecule has 0 spiro atoms. The second kappa shape index (κ2) is 6.83. The van der Waals surface area contributed by atoms with Gasteiger partial charge in [-0.3, -0.25) is 4.90 Å². The summed E-state index contributed by atoms with van der Waals surface area (Å²) in [7, 11) is 0. The molecule has 1 atom stereocenters. The minimum atomic E-state index is -0.383. The summed E-state index contributed by atoms with van der Waals surface area (Å²) in [5.74, 6) is 1.18. The van der Waals surface area contributed by atoms with Gasteiger partial charge in [-0.1, -0.05) is 28.9 Å². The molecule has 21 heavy (non-hydrogen) atoms. The second-order valence-electron chi connectivity index (χ2n) is 5.75. The van der Waals surface area contributed by atoms with Crippen LogP contribution in [0, 0.1) is 6.92 Å². The van der Waals surface area contributed by atoms with Crippen LogP contribution in [0.3, 0.4) is 0 Å². The highest BCUT2D eigenvalue weighted by Gasteiger charge is 2.17. The molecular weight excluding hydrogens is 266 g/mol. The highest BCUT2D eigenvalue weighted by Crippen LogP contribution is 2.18. The van der Waals surface area contributed by atoms with E-state index in [4.69, 9.17) is 4.52 Å². The lowest BCUT2D eigenvalue weighted by atomic mass is 10.1. The Morgan fingerprint density at radius 3 is 2.67 bits per heavy atom. The molecule has 0 aliphatic heterocycles. The van der Waals surface area contributed by atoms with Gasteiger partial charge in [-0.15, -0.1) is 0 Å². The van der Waals surface area contributed by atoms with Gasteiger partial charge in [0.05, 0.1) is 12.6 Å². The summed E-state index contributed by atoms with van der Waals surface area (Å²) in [6, 6.07) is 8.32. The van der Waals surface area contributed by atoms with Crippen LogP contribution in [0.1, 0.15) is 32.2 Å². The summed E-state index contributed by atoms with van der Waals surface area (Å²) in [5, 5.41) is 13.6. The molecule has 1 heterocycles. The van der Waals surface area contributed by atoms with E-state index in [1.807, 2.05) is 31.2 Å². The van der Waals surface area contributed by atoms with Crippen molar-refractivity contribution < 1.29 is 9.63 Å². The number of rotatable bonds is 6. The third kappa shape index (κ3) is 4.37. The maximum atomic E-state index is 9.56. The fourth-order valence-corrected chi connectivity index (χ4v) is 2.19. The molecule has 0 saturated heterocycles. The monoisotopic (exact) mass is 289 g/mol. The Labute approximate surface area is 125 Å². The van der Waals surface area contributed by atoms with Gasteiger partial charge < -0.3 is 9.63 Å². The maximum Gasteiger partial charge on any atom is 0.241 e. The molecule has 0 fully saturated rings. The number of aryl methyl sites for hydroxylation is 1. The van der Waals surface area contributed by atoms with Crippen molar-refractivity contribution in [2.45, 2.75) is 46.4 Å². The highest BCUT2D eigenvalue weighted by atomic mass is 16.5. The molecule has 0 aliphatic rings. The predicted molar refractivity (Wildman–Crippen MR) is 81.7 cm³/mol. The fraction of sp³-hybridized carbons (Fsp3) is 0.500. The van der Waals surface area contributed by atoms with Crippen molar-refractivity contribution in [3.8, 4) is 11.4 Å². The molecule has 1 aromatic heterocycles. The van der Waals surface area contributed by atoms with Crippen LogP contribution in [-0.4, -0.2) is 38.8 Å². The van der Waals surface area contributed by atoms with E-state index in [1.54, 1.807) is 6.92 Å². The van der Waals surface area contributed by atoms with E-state index in [0.717, 1.165) is 11.1 Å². The van der Waals surface area contributed by atoms with Gasteiger partial charge in [0.1, 0.15) is 0 Å². The van der Waals surface area contributed by atoms with Crippen molar-refractivity contribution in [2.75, 3.05) is 6.54 Å². The predicted octanol–water partition coefficient (Wildman–Crippen LogP) is 2.64. The summed E-state index contributed by atoms with van der Waals surface area (Å²) >= 11 is 0. The summed E-state index contributed by atoms with van der Waals surface area (Å²) in [6.07, 6.45) is -0.383. The Balaban J connectivity index is 2.12. The van der Waals surface area contributed by atoms with E-state index in [9.17, 15) is 5.11 Å². The average molecular weight is 289 g/mol. The molecule has 5 nitrogen and oxygen atoms in total. The van der Waals surface area contributed by atoms with Crippen molar-refractivity contribution in [3.05, 3.63) is 35.7 Å². The molecular formula is C16H23N3O2. The average Bonchev–Trinajstić information content (AvgIpc) is 2.86. The minimum Gasteiger partial charge on any atom is -0.392 e. The maximum absolute atomic E-state index is 9.56. The van der Waals surface area contributed by atoms with Gasteiger partial charge >= 0.3 is 0 Å². The first-order chi connectivity index (χ1) is 9.95. The first-order valence-corrected chi connectivity index (χ1v) is 7.27. The molecule has 1 aromatic carbocycles. The number of benzene rings is 1. The van der Waals surface area contributed by atoms with Crippen LogP contribution < -0.4 is 0 Å². The van der Waals surface area contributed by atoms with E-state index in [2.05, 4.69) is 28.9 Å². The SMILES string of the molecule is Cc1cccc(-c2noc(CN(CC(C)O)C(C)C)n2)c1. The topological polar surface area (TPSA) is 62.4 Å². The van der Waals surface area contributed by atoms with Crippen molar-refractivity contribution >= 4 is 0 Å². The third-order valence-electron chi connectivity index (χ3n) is 3.31. The van der Waals surface area contributed by atoms with Crippen LogP contribution in [-0.2, 0) is 6.54 Å². The minimum absolute atomic E-state index is 0.300. The van der Waals surface area contributed by atoms with Crippen LogP contribution in [0.15, 0.2) is 28.8 Å². The van der Waals surface area contributed by atoms with E-state index < -0.39 is 0 Å². The Hall–Kier alpha value is -1.72. The molecule has 0 aliphatic carbocycles. The Morgan fingerprint density at radius 2 is 2.05 bits per heavy atom. The van der Waals surface area contributed by atoms with Crippen molar-refractivity contribution in [1.29, 1.82) is 0 Å². The number of aliphatic hydroxyl groups excluding tert-OH is 1. The van der Waals surface area contributed by atoms with E-state index >= 15 is 0 Å². The molecule has 1 unspecified atom stereocenters. The van der Waals surface area contributed by atoms with Crippen molar-refractivity contribution in [2.24, 2.45) is 0 Å². The van der Waals surface area contributed by atoms with E-state index in [1.165, 1.54) is 0 Å². The normalized spacial score (nSPS) is 13.1. The molecule has 1 N–H and O–H groups in total. The van der Waals surface area contributed by atoms with Gasteiger partial charge in [0.25, 0.3) is 0 Å². The zero-order valence-corrected chi connectivity index (χ0v) is 13.1. The Morgan fingerprint density at radius 1 is 1.29 bits per heavy atom. The van der Waals surface area contributed by atoms with E-state index in [-0.39, 0.29) is 6.10 Å². The van der Waals surface area contributed by atoms with Crippen LogP contribution in [0.2, 0.25) is 0 Å². The molecule has 0 amide bonds. The van der Waals surface area contributed by atoms with Gasteiger partial charge in [-0.25, -0.2) is 0 Å². The quantitative estimate of drug-likeness (QED) is 0.885. The first-order valence-electron chi connectivity index (χ1n) is 7.27. The van der Waals surface area contributed by atoms with Gasteiger partial charge in [0.15, 0.2) is 0 Å². The molecule has 0 saturated carbocycles. The molecule has 2 aromatic rings. The van der Waals surface area contributed by atoms with Gasteiger partial charge in [0.2, 0.25) is 11.7 Å². The van der Waals surface area contributed by atoms with Crippen molar-refractivity contribution in [3.63, 3.8) is 0 Å². The smallest absolute Gasteiger partial charge is 0.241 e. The van der Waals surface area contributed by atoms with Crippen LogP contribution in [0.5, 0.6) is 0 Å². The Kier molecular flexibility index (Phi) is 5.09. The molecule has 0 radical (unpaired) electrons. The zero-order valence-electron chi connectivity index (χ0n) is 13.1. The summed E-state index contributed by atoms with van der Waals surface area (Å²) in [4.78, 5) is 6.56. The number of hydrogen-bond donors (Lipinski definition) is 1. The summed E-state index contributed by atoms with van der Waals surface area (Å²) < 4.78 is 5.34. The molecule has 5 heteroatoms. The van der Waals surface area contributed by atoms with Crippen LogP contribution in [0.4, 0.5) is 0 Å². The second-order valence-corrected chi connectivity index (χ2v) is 5.75. The van der Waals surface area contributed by atoms with Gasteiger partial charge in [0, 0.05) is 18.2 Å². The van der Waals surface area contributed by atoms with Crippen LogP contribution in [0.25, 0.3) is 11.4 Å². The lowest BCUT2D eigenvalue weighted by molar-refractivity contribution is 0.0943. The first kappa shape index (κ1) is 15.7. The molecule has 2 rings (SSSR count). The van der Waals surface area contributed by atoms with Gasteiger partial charge in [-0.05, 0) is 33.8 Å².